The molecule has 0 saturated carbocycles. The van der Waals surface area contributed by atoms with E-state index in [1.165, 1.54) is 0 Å². The fourth-order valence-electron chi connectivity index (χ4n) is 2.22. The highest BCUT2D eigenvalue weighted by atomic mass is 19.4. The molecule has 1 unspecified atom stereocenters. The number of likely N-dealkylation sites (tertiary alicyclic amines) is 1. The van der Waals surface area contributed by atoms with E-state index in [2.05, 4.69) is 4.74 Å². The third-order valence-corrected chi connectivity index (χ3v) is 3.70. The quantitative estimate of drug-likeness (QED) is 0.425. The molecule has 0 aromatic heterocycles. The van der Waals surface area contributed by atoms with E-state index in [0.717, 1.165) is 6.92 Å². The zero-order valence-corrected chi connectivity index (χ0v) is 11.5. The molecule has 1 heterocycles. The van der Waals surface area contributed by atoms with E-state index < -0.39 is 42.4 Å². The molecule has 1 aliphatic heterocycles. The summed E-state index contributed by atoms with van der Waals surface area (Å²) in [6.07, 6.45) is -10.3. The maximum atomic E-state index is 13.9. The second-order valence-electron chi connectivity index (χ2n) is 5.22. The molecule has 0 bridgehead atoms. The van der Waals surface area contributed by atoms with E-state index in [-0.39, 0.29) is 19.4 Å². The lowest BCUT2D eigenvalue weighted by molar-refractivity contribution is -0.221. The summed E-state index contributed by atoms with van der Waals surface area (Å²) in [5, 5.41) is 0. The first-order chi connectivity index (χ1) is 9.42. The number of halogens is 7. The van der Waals surface area contributed by atoms with Crippen LogP contribution in [0.5, 0.6) is 0 Å². The van der Waals surface area contributed by atoms with Crippen LogP contribution in [0.25, 0.3) is 0 Å². The molecule has 0 aromatic rings. The molecule has 1 aliphatic rings. The van der Waals surface area contributed by atoms with Gasteiger partial charge in [0.15, 0.2) is 0 Å². The Labute approximate surface area is 117 Å². The van der Waals surface area contributed by atoms with Crippen molar-refractivity contribution >= 4 is 0 Å². The molecule has 0 spiro atoms. The first-order valence-corrected chi connectivity index (χ1v) is 6.25. The molecule has 1 rings (SSSR count). The molecule has 0 radical (unpaired) electrons. The van der Waals surface area contributed by atoms with Gasteiger partial charge in [-0.3, -0.25) is 0 Å². The lowest BCUT2D eigenvalue weighted by Crippen LogP contribution is -2.36. The van der Waals surface area contributed by atoms with Crippen LogP contribution in [0, 0.1) is 5.41 Å². The van der Waals surface area contributed by atoms with Crippen LogP contribution in [0.1, 0.15) is 26.2 Å². The second-order valence-corrected chi connectivity index (χ2v) is 5.22. The van der Waals surface area contributed by atoms with Crippen molar-refractivity contribution in [2.45, 2.75) is 38.5 Å². The third-order valence-electron chi connectivity index (χ3n) is 3.70. The van der Waals surface area contributed by atoms with E-state index in [9.17, 15) is 30.7 Å². The predicted octanol–water partition coefficient (Wildman–Crippen LogP) is 4.39. The lowest BCUT2D eigenvalue weighted by Gasteiger charge is -2.30. The Hall–Kier alpha value is -1.15. The first kappa shape index (κ1) is 17.9. The number of rotatable bonds is 2. The number of methoxy groups -OCH3 is 1. The Kier molecular flexibility index (Phi) is 5.05. The van der Waals surface area contributed by atoms with Crippen molar-refractivity contribution in [1.82, 2.24) is 4.90 Å². The smallest absolute Gasteiger partial charge is 0.453 e. The average molecular weight is 323 g/mol. The van der Waals surface area contributed by atoms with Gasteiger partial charge in [0.25, 0.3) is 5.76 Å². The highest BCUT2D eigenvalue weighted by Crippen LogP contribution is 2.46. The molecule has 1 saturated heterocycles. The SMILES string of the molecule is CO/C(=C(/F)N1CCCC(C)(C(F)(F)F)CC1)C(F)(F)F. The van der Waals surface area contributed by atoms with Crippen LogP contribution in [-0.2, 0) is 4.74 Å². The average Bonchev–Trinajstić information content (AvgIpc) is 2.50. The fourth-order valence-corrected chi connectivity index (χ4v) is 2.22. The summed E-state index contributed by atoms with van der Waals surface area (Å²) in [6.45, 7) is 0.324. The largest absolute Gasteiger partial charge is 0.489 e. The van der Waals surface area contributed by atoms with Gasteiger partial charge in [0.05, 0.1) is 12.5 Å². The maximum absolute atomic E-state index is 13.9. The summed E-state index contributed by atoms with van der Waals surface area (Å²) in [6, 6.07) is 0. The Morgan fingerprint density at radius 1 is 1.05 bits per heavy atom. The standard InChI is InChI=1S/C12H16F7NO/c1-10(12(17,18)19)4-3-6-20(7-5-10)9(13)8(21-2)11(14,15)16/h3-7H2,1-2H3/b9-8-. The monoisotopic (exact) mass is 323 g/mol. The van der Waals surface area contributed by atoms with Gasteiger partial charge in [-0.2, -0.15) is 30.7 Å². The minimum absolute atomic E-state index is 0.0573. The molecule has 2 nitrogen and oxygen atoms in total. The number of nitrogens with zero attached hydrogens (tertiary/aromatic N) is 1. The molecule has 124 valence electrons. The van der Waals surface area contributed by atoms with Crippen molar-refractivity contribution in [3.05, 3.63) is 11.7 Å². The van der Waals surface area contributed by atoms with Gasteiger partial charge in [-0.15, -0.1) is 0 Å². The highest BCUT2D eigenvalue weighted by Gasteiger charge is 2.51. The highest BCUT2D eigenvalue weighted by molar-refractivity contribution is 5.07. The van der Waals surface area contributed by atoms with Crippen molar-refractivity contribution in [3.8, 4) is 0 Å². The maximum Gasteiger partial charge on any atom is 0.453 e. The molecule has 0 N–H and O–H groups in total. The molecule has 0 aliphatic carbocycles. The van der Waals surface area contributed by atoms with E-state index >= 15 is 0 Å². The summed E-state index contributed by atoms with van der Waals surface area (Å²) in [7, 11) is 0.667. The van der Waals surface area contributed by atoms with Gasteiger partial charge >= 0.3 is 12.4 Å². The van der Waals surface area contributed by atoms with Crippen LogP contribution in [0.4, 0.5) is 30.7 Å². The van der Waals surface area contributed by atoms with Gasteiger partial charge in [-0.05, 0) is 19.3 Å². The molecule has 21 heavy (non-hydrogen) atoms. The Morgan fingerprint density at radius 2 is 1.62 bits per heavy atom. The van der Waals surface area contributed by atoms with Crippen molar-refractivity contribution in [2.24, 2.45) is 5.41 Å². The third kappa shape index (κ3) is 3.94. The molecular formula is C12H16F7NO. The van der Waals surface area contributed by atoms with Crippen LogP contribution < -0.4 is 0 Å². The van der Waals surface area contributed by atoms with E-state index in [1.54, 1.807) is 0 Å². The van der Waals surface area contributed by atoms with Gasteiger partial charge in [0.1, 0.15) is 0 Å². The van der Waals surface area contributed by atoms with Crippen molar-refractivity contribution in [1.29, 1.82) is 0 Å². The molecule has 9 heteroatoms. The minimum Gasteiger partial charge on any atom is -0.489 e. The number of hydrogen-bond donors (Lipinski definition) is 0. The predicted molar refractivity (Wildman–Crippen MR) is 60.8 cm³/mol. The van der Waals surface area contributed by atoms with Crippen LogP contribution >= 0.6 is 0 Å². The van der Waals surface area contributed by atoms with Crippen LogP contribution in [-0.4, -0.2) is 37.5 Å². The number of hydrogen-bond acceptors (Lipinski definition) is 2. The summed E-state index contributed by atoms with van der Waals surface area (Å²) < 4.78 is 94.2. The Balaban J connectivity index is 2.96. The van der Waals surface area contributed by atoms with Crippen LogP contribution in [0.15, 0.2) is 11.7 Å². The lowest BCUT2D eigenvalue weighted by atomic mass is 9.82. The summed E-state index contributed by atoms with van der Waals surface area (Å²) in [5.74, 6) is -3.49. The fraction of sp³-hybridized carbons (Fsp3) is 0.833. The van der Waals surface area contributed by atoms with Crippen molar-refractivity contribution in [3.63, 3.8) is 0 Å². The van der Waals surface area contributed by atoms with Gasteiger partial charge in [-0.25, -0.2) is 0 Å². The number of ether oxygens (including phenoxy) is 1. The van der Waals surface area contributed by atoms with E-state index in [0.29, 0.717) is 12.0 Å². The molecular weight excluding hydrogens is 307 g/mol. The van der Waals surface area contributed by atoms with Gasteiger partial charge < -0.3 is 9.64 Å². The molecule has 1 atom stereocenters. The van der Waals surface area contributed by atoms with Crippen LogP contribution in [0.3, 0.4) is 0 Å². The summed E-state index contributed by atoms with van der Waals surface area (Å²) in [5.41, 5.74) is -2.02. The zero-order valence-electron chi connectivity index (χ0n) is 11.5. The van der Waals surface area contributed by atoms with Gasteiger partial charge in [-0.1, -0.05) is 6.92 Å². The van der Waals surface area contributed by atoms with E-state index in [1.807, 2.05) is 0 Å². The molecule has 0 aromatic carbocycles. The molecule has 1 fully saturated rings. The zero-order chi connectivity index (χ0) is 16.5. The minimum atomic E-state index is -5.03. The van der Waals surface area contributed by atoms with Crippen LogP contribution in [0.2, 0.25) is 0 Å². The number of allylic oxidation sites excluding steroid dienone is 1. The summed E-state index contributed by atoms with van der Waals surface area (Å²) in [4.78, 5) is 0.656. The molecule has 0 amide bonds. The second kappa shape index (κ2) is 5.92. The topological polar surface area (TPSA) is 12.5 Å². The summed E-state index contributed by atoms with van der Waals surface area (Å²) >= 11 is 0. The van der Waals surface area contributed by atoms with Gasteiger partial charge in [0.2, 0.25) is 5.95 Å². The van der Waals surface area contributed by atoms with Crippen molar-refractivity contribution in [2.75, 3.05) is 20.2 Å². The first-order valence-electron chi connectivity index (χ1n) is 6.25. The Bertz CT molecular complexity index is 401. The number of alkyl halides is 6. The normalized spacial score (nSPS) is 26.2. The van der Waals surface area contributed by atoms with E-state index in [4.69, 9.17) is 0 Å². The Morgan fingerprint density at radius 3 is 2.05 bits per heavy atom. The van der Waals surface area contributed by atoms with Gasteiger partial charge in [0, 0.05) is 13.1 Å². The van der Waals surface area contributed by atoms with Crippen molar-refractivity contribution < 1.29 is 35.5 Å².